The molecule has 4 nitrogen and oxygen atoms in total. The molecule has 0 atom stereocenters. The summed E-state index contributed by atoms with van der Waals surface area (Å²) in [4.78, 5) is 21.9. The van der Waals surface area contributed by atoms with Crippen molar-refractivity contribution >= 4 is 11.9 Å². The Hall–Kier alpha value is -1.06. The van der Waals surface area contributed by atoms with Crippen LogP contribution in [-0.4, -0.2) is 26.2 Å². The molecule has 0 amide bonds. The fourth-order valence-electron chi connectivity index (χ4n) is 0.609. The molecule has 0 unspecified atom stereocenters. The van der Waals surface area contributed by atoms with Gasteiger partial charge in [-0.3, -0.25) is 9.59 Å². The van der Waals surface area contributed by atoms with Crippen LogP contribution >= 0.6 is 0 Å². The minimum Gasteiger partial charge on any atom is -0.469 e. The minimum atomic E-state index is -2.74. The van der Waals surface area contributed by atoms with Gasteiger partial charge >= 0.3 is 11.9 Å². The van der Waals surface area contributed by atoms with Crippen molar-refractivity contribution in [3.05, 3.63) is 0 Å². The van der Waals surface area contributed by atoms with E-state index in [9.17, 15) is 9.59 Å². The zero-order valence-corrected chi connectivity index (χ0v) is 7.75. The molecule has 0 bridgehead atoms. The SMILES string of the molecule is [2H]C([2H])(CCCC(=O)OC)C([2H])([2H])C(=O)OC. The second-order valence-electron chi connectivity index (χ2n) is 2.22. The Morgan fingerprint density at radius 3 is 2.31 bits per heavy atom. The molecule has 0 aromatic carbocycles. The number of rotatable bonds is 6. The first-order valence-corrected chi connectivity index (χ1v) is 3.84. The molecule has 0 aliphatic carbocycles. The molecule has 0 saturated carbocycles. The van der Waals surface area contributed by atoms with E-state index < -0.39 is 24.7 Å². The molecule has 0 spiro atoms. The van der Waals surface area contributed by atoms with Gasteiger partial charge in [0.1, 0.15) is 0 Å². The molecule has 0 aliphatic heterocycles. The van der Waals surface area contributed by atoms with E-state index in [1.807, 2.05) is 0 Å². The smallest absolute Gasteiger partial charge is 0.305 e. The lowest BCUT2D eigenvalue weighted by Gasteiger charge is -1.99. The Morgan fingerprint density at radius 1 is 1.15 bits per heavy atom. The van der Waals surface area contributed by atoms with E-state index in [0.717, 1.165) is 7.11 Å². The molecule has 0 aliphatic rings. The topological polar surface area (TPSA) is 52.6 Å². The van der Waals surface area contributed by atoms with Gasteiger partial charge in [0.25, 0.3) is 0 Å². The average molecular weight is 192 g/mol. The van der Waals surface area contributed by atoms with Crippen LogP contribution in [0.25, 0.3) is 0 Å². The third-order valence-electron chi connectivity index (χ3n) is 1.29. The van der Waals surface area contributed by atoms with Crippen LogP contribution in [-0.2, 0) is 19.1 Å². The molecule has 0 rings (SSSR count). The van der Waals surface area contributed by atoms with E-state index in [0.29, 0.717) is 0 Å². The second-order valence-corrected chi connectivity index (χ2v) is 2.22. The molecule has 0 radical (unpaired) electrons. The first kappa shape index (κ1) is 6.40. The van der Waals surface area contributed by atoms with Gasteiger partial charge in [-0.05, 0) is 12.8 Å². The summed E-state index contributed by atoms with van der Waals surface area (Å²) in [7, 11) is 2.20. The molecule has 0 N–H and O–H groups in total. The van der Waals surface area contributed by atoms with Crippen molar-refractivity contribution in [1.82, 2.24) is 0 Å². The van der Waals surface area contributed by atoms with Gasteiger partial charge in [0.2, 0.25) is 0 Å². The number of carbonyl (C=O) groups excluding carboxylic acids is 2. The molecule has 0 fully saturated rings. The van der Waals surface area contributed by atoms with Crippen LogP contribution in [0.3, 0.4) is 0 Å². The Bertz CT molecular complexity index is 291. The molecule has 0 saturated heterocycles. The molecule has 4 heteroatoms. The zero-order chi connectivity index (χ0) is 13.7. The number of methoxy groups -OCH3 is 2. The van der Waals surface area contributed by atoms with Crippen molar-refractivity contribution in [1.29, 1.82) is 0 Å². The number of hydrogen-bond donors (Lipinski definition) is 0. The van der Waals surface area contributed by atoms with Crippen LogP contribution in [0.5, 0.6) is 0 Å². The van der Waals surface area contributed by atoms with Gasteiger partial charge in [-0.1, -0.05) is 6.42 Å². The van der Waals surface area contributed by atoms with Crippen molar-refractivity contribution in [2.45, 2.75) is 32.0 Å². The van der Waals surface area contributed by atoms with Crippen molar-refractivity contribution < 1.29 is 24.5 Å². The van der Waals surface area contributed by atoms with Gasteiger partial charge in [0, 0.05) is 18.3 Å². The van der Waals surface area contributed by atoms with E-state index in [4.69, 9.17) is 5.48 Å². The third kappa shape index (κ3) is 7.31. The quantitative estimate of drug-likeness (QED) is 0.595. The highest BCUT2D eigenvalue weighted by molar-refractivity contribution is 5.69. The molecule has 0 aromatic rings. The van der Waals surface area contributed by atoms with Crippen LogP contribution in [0.15, 0.2) is 0 Å². The predicted molar refractivity (Wildman–Crippen MR) is 47.1 cm³/mol. The van der Waals surface area contributed by atoms with Gasteiger partial charge in [0.05, 0.1) is 14.2 Å². The predicted octanol–water partition coefficient (Wildman–Crippen LogP) is 1.28. The van der Waals surface area contributed by atoms with E-state index in [2.05, 4.69) is 9.47 Å². The van der Waals surface area contributed by atoms with Gasteiger partial charge in [0.15, 0.2) is 0 Å². The largest absolute Gasteiger partial charge is 0.469 e. The monoisotopic (exact) mass is 192 g/mol. The first-order chi connectivity index (χ1) is 7.69. The lowest BCUT2D eigenvalue weighted by Crippen LogP contribution is -2.01. The molecule has 0 heterocycles. The Morgan fingerprint density at radius 2 is 1.77 bits per heavy atom. The summed E-state index contributed by atoms with van der Waals surface area (Å²) in [5, 5.41) is 0. The summed E-state index contributed by atoms with van der Waals surface area (Å²) in [5.74, 6) is -1.76. The van der Waals surface area contributed by atoms with E-state index >= 15 is 0 Å². The van der Waals surface area contributed by atoms with Gasteiger partial charge < -0.3 is 9.47 Å². The highest BCUT2D eigenvalue weighted by Crippen LogP contribution is 2.04. The van der Waals surface area contributed by atoms with E-state index in [1.54, 1.807) is 0 Å². The summed E-state index contributed by atoms with van der Waals surface area (Å²) >= 11 is 0. The van der Waals surface area contributed by atoms with Crippen molar-refractivity contribution in [2.24, 2.45) is 0 Å². The summed E-state index contributed by atoms with van der Waals surface area (Å²) in [6.07, 6.45) is -5.33. The summed E-state index contributed by atoms with van der Waals surface area (Å²) in [6, 6.07) is 0. The standard InChI is InChI=1S/C9H16O4/c1-12-8(10)6-4-3-5-7-9(11)13-2/h3-7H2,1-2H3/i4D2,6D2. The molecular formula is C9H16O4. The van der Waals surface area contributed by atoms with Gasteiger partial charge in [-0.15, -0.1) is 0 Å². The molecule has 0 aromatic heterocycles. The number of esters is 2. The number of ether oxygens (including phenoxy) is 2. The molecule has 76 valence electrons. The Kier molecular flexibility index (Phi) is 3.73. The maximum Gasteiger partial charge on any atom is 0.305 e. The van der Waals surface area contributed by atoms with Crippen LogP contribution in [0, 0.1) is 0 Å². The second kappa shape index (κ2) is 7.58. The van der Waals surface area contributed by atoms with Crippen molar-refractivity contribution in [3.8, 4) is 0 Å². The number of carbonyl (C=O) groups is 2. The Balaban J connectivity index is 4.46. The number of hydrogen-bond acceptors (Lipinski definition) is 4. The normalized spacial score (nSPS) is 16.2. The summed E-state index contributed by atoms with van der Waals surface area (Å²) < 4.78 is 38.3. The van der Waals surface area contributed by atoms with Crippen LogP contribution < -0.4 is 0 Å². The van der Waals surface area contributed by atoms with Crippen molar-refractivity contribution in [2.75, 3.05) is 14.2 Å². The molecule has 13 heavy (non-hydrogen) atoms. The zero-order valence-electron chi connectivity index (χ0n) is 11.8. The lowest BCUT2D eigenvalue weighted by molar-refractivity contribution is -0.141. The Labute approximate surface area is 83.8 Å². The van der Waals surface area contributed by atoms with Crippen LogP contribution in [0.2, 0.25) is 0 Å². The van der Waals surface area contributed by atoms with Gasteiger partial charge in [-0.25, -0.2) is 0 Å². The fraction of sp³-hybridized carbons (Fsp3) is 0.778. The fourth-order valence-corrected chi connectivity index (χ4v) is 0.609. The minimum absolute atomic E-state index is 0.0206. The highest BCUT2D eigenvalue weighted by Gasteiger charge is 2.01. The first-order valence-electron chi connectivity index (χ1n) is 5.84. The van der Waals surface area contributed by atoms with Gasteiger partial charge in [-0.2, -0.15) is 0 Å². The van der Waals surface area contributed by atoms with Crippen molar-refractivity contribution in [3.63, 3.8) is 0 Å². The maximum absolute atomic E-state index is 11.1. The lowest BCUT2D eigenvalue weighted by atomic mass is 10.1. The van der Waals surface area contributed by atoms with Crippen LogP contribution in [0.1, 0.15) is 37.5 Å². The van der Waals surface area contributed by atoms with Crippen LogP contribution in [0.4, 0.5) is 0 Å². The average Bonchev–Trinajstić information content (AvgIpc) is 2.26. The summed E-state index contributed by atoms with van der Waals surface area (Å²) in [6.45, 7) is 0. The highest BCUT2D eigenvalue weighted by atomic mass is 16.5. The van der Waals surface area contributed by atoms with E-state index in [1.165, 1.54) is 7.11 Å². The van der Waals surface area contributed by atoms with E-state index in [-0.39, 0.29) is 19.3 Å². The maximum atomic E-state index is 11.1. The molecular weight excluding hydrogens is 172 g/mol. The third-order valence-corrected chi connectivity index (χ3v) is 1.29. The summed E-state index contributed by atoms with van der Waals surface area (Å²) in [5.41, 5.74) is 0.